The van der Waals surface area contributed by atoms with Crippen LogP contribution in [0.15, 0.2) is 21.2 Å². The van der Waals surface area contributed by atoms with E-state index in [4.69, 9.17) is 0 Å². The van der Waals surface area contributed by atoms with Crippen LogP contribution in [0.4, 0.5) is 0 Å². The molecule has 0 saturated carbocycles. The van der Waals surface area contributed by atoms with Crippen molar-refractivity contribution < 1.29 is 15.7 Å². The summed E-state index contributed by atoms with van der Waals surface area (Å²) in [5.41, 5.74) is 4.21. The first-order valence-electron chi connectivity index (χ1n) is 3.49. The van der Waals surface area contributed by atoms with E-state index in [1.807, 2.05) is 0 Å². The average molecular weight is 403 g/mol. The van der Waals surface area contributed by atoms with Crippen LogP contribution in [0, 0.1) is 0 Å². The fraction of sp³-hybridized carbons (Fsp3) is 0.500. The summed E-state index contributed by atoms with van der Waals surface area (Å²) in [4.78, 5) is 0. The SMILES string of the molecule is [Co][C]1=C(CBr)C(CBr)=C(CBr)C1. The molecule has 0 aromatic rings. The molecule has 0 heterocycles. The summed E-state index contributed by atoms with van der Waals surface area (Å²) in [6.07, 6.45) is 1.01. The third-order valence-corrected chi connectivity index (χ3v) is 4.19. The minimum atomic E-state index is 0.904. The van der Waals surface area contributed by atoms with Gasteiger partial charge in [0.05, 0.1) is 0 Å². The van der Waals surface area contributed by atoms with Crippen LogP contribution >= 0.6 is 47.8 Å². The summed E-state index contributed by atoms with van der Waals surface area (Å²) in [6.45, 7) is 0. The van der Waals surface area contributed by atoms with Gasteiger partial charge in [-0.1, -0.05) is 0 Å². The Balaban J connectivity index is 2.94. The van der Waals surface area contributed by atoms with Gasteiger partial charge in [-0.05, 0) is 0 Å². The van der Waals surface area contributed by atoms with E-state index in [0.717, 1.165) is 22.4 Å². The molecule has 0 N–H and O–H groups in total. The van der Waals surface area contributed by atoms with Gasteiger partial charge in [-0.15, -0.1) is 0 Å². The fourth-order valence-corrected chi connectivity index (χ4v) is 3.86. The van der Waals surface area contributed by atoms with Crippen LogP contribution in [-0.2, 0) is 15.7 Å². The molecule has 0 bridgehead atoms. The summed E-state index contributed by atoms with van der Waals surface area (Å²) in [7, 11) is 0. The summed E-state index contributed by atoms with van der Waals surface area (Å²) in [6, 6.07) is 0. The fourth-order valence-electron chi connectivity index (χ4n) is 1.21. The van der Waals surface area contributed by atoms with E-state index in [1.165, 1.54) is 21.2 Å². The van der Waals surface area contributed by atoms with Crippen LogP contribution in [-0.4, -0.2) is 16.0 Å². The second-order valence-electron chi connectivity index (χ2n) is 2.52. The second-order valence-corrected chi connectivity index (χ2v) is 4.83. The second kappa shape index (κ2) is 5.34. The van der Waals surface area contributed by atoms with Gasteiger partial charge in [0.1, 0.15) is 0 Å². The summed E-state index contributed by atoms with van der Waals surface area (Å²) in [5.74, 6) is 0. The third-order valence-electron chi connectivity index (χ3n) is 1.89. The minimum absolute atomic E-state index is 0.904. The van der Waals surface area contributed by atoms with Crippen molar-refractivity contribution in [2.45, 2.75) is 6.42 Å². The van der Waals surface area contributed by atoms with Crippen molar-refractivity contribution in [2.24, 2.45) is 0 Å². The summed E-state index contributed by atoms with van der Waals surface area (Å²) >= 11 is 15.0. The van der Waals surface area contributed by atoms with E-state index in [0.29, 0.717) is 0 Å². The molecule has 1 aliphatic rings. The maximum absolute atomic E-state index is 4.51. The predicted octanol–water partition coefficient (Wildman–Crippen LogP) is 3.67. The summed E-state index contributed by atoms with van der Waals surface area (Å²) in [5, 5.41) is 2.78. The molecule has 0 saturated heterocycles. The van der Waals surface area contributed by atoms with Gasteiger partial charge in [0, 0.05) is 0 Å². The molecule has 0 aromatic heterocycles. The number of rotatable bonds is 3. The molecule has 12 heavy (non-hydrogen) atoms. The number of hydrogen-bond acceptors (Lipinski definition) is 0. The van der Waals surface area contributed by atoms with Gasteiger partial charge in [0.2, 0.25) is 0 Å². The van der Waals surface area contributed by atoms with Gasteiger partial charge in [-0.25, -0.2) is 0 Å². The zero-order chi connectivity index (χ0) is 9.14. The molecule has 0 nitrogen and oxygen atoms in total. The van der Waals surface area contributed by atoms with Gasteiger partial charge in [-0.3, -0.25) is 0 Å². The molecule has 0 radical (unpaired) electrons. The van der Waals surface area contributed by atoms with Crippen LogP contribution in [0.3, 0.4) is 0 Å². The van der Waals surface area contributed by atoms with Gasteiger partial charge in [0.25, 0.3) is 0 Å². The molecule has 0 atom stereocenters. The molecule has 0 spiro atoms. The van der Waals surface area contributed by atoms with Crippen molar-refractivity contribution in [1.29, 1.82) is 0 Å². The first-order valence-corrected chi connectivity index (χ1v) is 7.37. The molecule has 0 aliphatic heterocycles. The van der Waals surface area contributed by atoms with Gasteiger partial charge < -0.3 is 0 Å². The Hall–Kier alpha value is 1.43. The van der Waals surface area contributed by atoms with Crippen molar-refractivity contribution in [1.82, 2.24) is 0 Å². The Bertz CT molecular complexity index is 243. The molecule has 4 heteroatoms. The normalized spacial score (nSPS) is 18.1. The molecule has 1 rings (SSSR count). The molecule has 70 valence electrons. The molecule has 0 fully saturated rings. The quantitative estimate of drug-likeness (QED) is 0.632. The van der Waals surface area contributed by atoms with E-state index in [-0.39, 0.29) is 0 Å². The standard InChI is InChI=1S/C8H8Br3.Co/c9-3-6-1-2-7(4-10)8(6)5-11;/h1,3-5H2;. The number of allylic oxidation sites excluding steroid dienone is 4. The zero-order valence-corrected chi connectivity index (χ0v) is 12.1. The predicted molar refractivity (Wildman–Crippen MR) is 60.1 cm³/mol. The van der Waals surface area contributed by atoms with E-state index in [2.05, 4.69) is 63.5 Å². The summed E-state index contributed by atoms with van der Waals surface area (Å²) < 4.78 is 1.20. The topological polar surface area (TPSA) is 0 Å². The van der Waals surface area contributed by atoms with E-state index in [1.54, 1.807) is 0 Å². The van der Waals surface area contributed by atoms with Crippen LogP contribution in [0.5, 0.6) is 0 Å². The van der Waals surface area contributed by atoms with Gasteiger partial charge in [0.15, 0.2) is 0 Å². The van der Waals surface area contributed by atoms with Gasteiger partial charge >= 0.3 is 107 Å². The van der Waals surface area contributed by atoms with E-state index >= 15 is 0 Å². The average Bonchev–Trinajstić information content (AvgIpc) is 2.40. The number of halogens is 3. The Morgan fingerprint density at radius 1 is 1.00 bits per heavy atom. The Morgan fingerprint density at radius 3 is 2.00 bits per heavy atom. The van der Waals surface area contributed by atoms with Crippen molar-refractivity contribution >= 4 is 47.8 Å². The molecular weight excluding hydrogens is 395 g/mol. The van der Waals surface area contributed by atoms with Crippen molar-refractivity contribution in [3.8, 4) is 0 Å². The molecule has 1 aliphatic carbocycles. The molecule has 0 aromatic carbocycles. The van der Waals surface area contributed by atoms with Crippen LogP contribution < -0.4 is 0 Å². The third kappa shape index (κ3) is 2.26. The van der Waals surface area contributed by atoms with E-state index in [9.17, 15) is 0 Å². The first-order chi connectivity index (χ1) is 5.74. The van der Waals surface area contributed by atoms with Crippen LogP contribution in [0.2, 0.25) is 0 Å². The number of alkyl halides is 3. The van der Waals surface area contributed by atoms with Crippen molar-refractivity contribution in [3.05, 3.63) is 21.2 Å². The van der Waals surface area contributed by atoms with E-state index < -0.39 is 0 Å². The van der Waals surface area contributed by atoms with Crippen molar-refractivity contribution in [3.63, 3.8) is 0 Å². The molecule has 0 amide bonds. The van der Waals surface area contributed by atoms with Gasteiger partial charge in [-0.2, -0.15) is 0 Å². The molecule has 0 unspecified atom stereocenters. The Morgan fingerprint density at radius 2 is 1.58 bits per heavy atom. The first kappa shape index (κ1) is 11.5. The Labute approximate surface area is 106 Å². The Kier molecular flexibility index (Phi) is 5.12. The van der Waals surface area contributed by atoms with Crippen LogP contribution in [0.25, 0.3) is 0 Å². The maximum atomic E-state index is 4.51. The monoisotopic (exact) mass is 400 g/mol. The zero-order valence-electron chi connectivity index (χ0n) is 6.30. The molecular formula is C8H8Br3Co. The van der Waals surface area contributed by atoms with Crippen molar-refractivity contribution in [2.75, 3.05) is 16.0 Å². The van der Waals surface area contributed by atoms with Crippen LogP contribution in [0.1, 0.15) is 6.42 Å². The number of hydrogen-bond donors (Lipinski definition) is 0.